The molecule has 1 aliphatic carbocycles. The van der Waals surface area contributed by atoms with Crippen LogP contribution in [0, 0.1) is 5.92 Å². The Morgan fingerprint density at radius 1 is 0.854 bits per heavy atom. The van der Waals surface area contributed by atoms with Crippen LogP contribution in [0.2, 0.25) is 0 Å². The highest BCUT2D eigenvalue weighted by molar-refractivity contribution is 5.90. The fraction of sp³-hybridized carbons (Fsp3) is 0.312. The molecule has 0 bridgehead atoms. The zero-order valence-corrected chi connectivity index (χ0v) is 22.5. The Balaban J connectivity index is 1.21. The molecule has 0 spiro atoms. The minimum Gasteiger partial charge on any atom is -0.481 e. The molecule has 2 N–H and O–H groups in total. The van der Waals surface area contributed by atoms with Crippen molar-refractivity contribution in [3.05, 3.63) is 95.6 Å². The van der Waals surface area contributed by atoms with Gasteiger partial charge in [0.15, 0.2) is 0 Å². The number of amides is 2. The molecule has 0 radical (unpaired) electrons. The lowest BCUT2D eigenvalue weighted by Crippen LogP contribution is -2.57. The van der Waals surface area contributed by atoms with Crippen LogP contribution in [-0.4, -0.2) is 59.7 Å². The van der Waals surface area contributed by atoms with Crippen LogP contribution < -0.4 is 5.32 Å². The maximum Gasteiger partial charge on any atom is 0.407 e. The molecule has 0 aromatic heterocycles. The van der Waals surface area contributed by atoms with Gasteiger partial charge in [0, 0.05) is 25.4 Å². The van der Waals surface area contributed by atoms with Crippen LogP contribution in [0.5, 0.6) is 0 Å². The SMILES string of the molecule is O=C(O)CCC1CN(C(=O)[C@H](CC(=O)OCc2ccccc2)NC(=O)OCC2c3ccccc3-c3ccccc32)C1. The number of benzene rings is 3. The van der Waals surface area contributed by atoms with E-state index in [0.29, 0.717) is 19.5 Å². The number of esters is 1. The normalized spacial score (nSPS) is 14.8. The van der Waals surface area contributed by atoms with Crippen LogP contribution in [0.15, 0.2) is 78.9 Å². The molecule has 9 heteroatoms. The Morgan fingerprint density at radius 2 is 1.46 bits per heavy atom. The monoisotopic (exact) mass is 556 g/mol. The highest BCUT2D eigenvalue weighted by Crippen LogP contribution is 2.44. The molecule has 2 amide bonds. The number of carboxylic acid groups (broad SMARTS) is 1. The first-order chi connectivity index (χ1) is 19.9. The largest absolute Gasteiger partial charge is 0.481 e. The van der Waals surface area contributed by atoms with Gasteiger partial charge in [-0.05, 0) is 40.2 Å². The third-order valence-corrected chi connectivity index (χ3v) is 7.58. The maximum atomic E-state index is 13.3. The van der Waals surface area contributed by atoms with E-state index < -0.39 is 30.0 Å². The summed E-state index contributed by atoms with van der Waals surface area (Å²) >= 11 is 0. The van der Waals surface area contributed by atoms with Crippen molar-refractivity contribution < 1.29 is 33.8 Å². The first-order valence-electron chi connectivity index (χ1n) is 13.7. The van der Waals surface area contributed by atoms with E-state index in [9.17, 15) is 19.2 Å². The minimum atomic E-state index is -1.17. The molecule has 2 aliphatic rings. The Bertz CT molecular complexity index is 1370. The fourth-order valence-electron chi connectivity index (χ4n) is 5.43. The molecule has 41 heavy (non-hydrogen) atoms. The summed E-state index contributed by atoms with van der Waals surface area (Å²) in [6, 6.07) is 23.9. The van der Waals surface area contributed by atoms with Gasteiger partial charge in [-0.2, -0.15) is 0 Å². The summed E-state index contributed by atoms with van der Waals surface area (Å²) < 4.78 is 11.0. The van der Waals surface area contributed by atoms with Gasteiger partial charge in [-0.1, -0.05) is 78.9 Å². The predicted octanol–water partition coefficient (Wildman–Crippen LogP) is 4.35. The molecule has 1 saturated heterocycles. The van der Waals surface area contributed by atoms with Crippen molar-refractivity contribution in [1.82, 2.24) is 10.2 Å². The van der Waals surface area contributed by atoms with Crippen LogP contribution >= 0.6 is 0 Å². The predicted molar refractivity (Wildman–Crippen MR) is 150 cm³/mol. The van der Waals surface area contributed by atoms with Gasteiger partial charge in [0.25, 0.3) is 0 Å². The van der Waals surface area contributed by atoms with Crippen molar-refractivity contribution in [2.45, 2.75) is 37.8 Å². The van der Waals surface area contributed by atoms with E-state index in [1.165, 1.54) is 4.90 Å². The number of nitrogens with one attached hydrogen (secondary N) is 1. The molecule has 1 heterocycles. The van der Waals surface area contributed by atoms with Gasteiger partial charge in [-0.25, -0.2) is 4.79 Å². The molecular weight excluding hydrogens is 524 g/mol. The number of fused-ring (bicyclic) bond motifs is 3. The number of ether oxygens (including phenoxy) is 2. The van der Waals surface area contributed by atoms with Crippen molar-refractivity contribution in [3.8, 4) is 11.1 Å². The average molecular weight is 557 g/mol. The summed E-state index contributed by atoms with van der Waals surface area (Å²) in [5.74, 6) is -2.03. The molecule has 3 aromatic carbocycles. The summed E-state index contributed by atoms with van der Waals surface area (Å²) in [4.78, 5) is 51.3. The van der Waals surface area contributed by atoms with Crippen LogP contribution in [0.1, 0.15) is 41.9 Å². The van der Waals surface area contributed by atoms with Gasteiger partial charge < -0.3 is 24.8 Å². The summed E-state index contributed by atoms with van der Waals surface area (Å²) in [6.07, 6.45) is -0.668. The second-order valence-corrected chi connectivity index (χ2v) is 10.4. The maximum absolute atomic E-state index is 13.3. The molecule has 5 rings (SSSR count). The molecule has 212 valence electrons. The fourth-order valence-corrected chi connectivity index (χ4v) is 5.43. The number of rotatable bonds is 11. The van der Waals surface area contributed by atoms with Gasteiger partial charge in [0.1, 0.15) is 19.3 Å². The van der Waals surface area contributed by atoms with Crippen LogP contribution in [-0.2, 0) is 30.5 Å². The van der Waals surface area contributed by atoms with Crippen molar-refractivity contribution in [2.24, 2.45) is 5.92 Å². The van der Waals surface area contributed by atoms with E-state index in [-0.39, 0.29) is 37.9 Å². The molecule has 3 aromatic rings. The third-order valence-electron chi connectivity index (χ3n) is 7.58. The van der Waals surface area contributed by atoms with Gasteiger partial charge >= 0.3 is 18.0 Å². The Kier molecular flexibility index (Phi) is 8.62. The lowest BCUT2D eigenvalue weighted by Gasteiger charge is -2.41. The zero-order chi connectivity index (χ0) is 28.8. The van der Waals surface area contributed by atoms with Gasteiger partial charge in [0.05, 0.1) is 6.42 Å². The smallest absolute Gasteiger partial charge is 0.407 e. The standard InChI is InChI=1S/C32H32N2O7/c35-29(36)15-14-22-17-34(18-22)31(38)28(16-30(37)40-19-21-8-2-1-3-9-21)33-32(39)41-20-27-25-12-6-4-10-23(25)24-11-5-7-13-26(24)27/h1-13,22,27-28H,14-20H2,(H,33,39)(H,35,36)/t28-/m0/s1. The first-order valence-corrected chi connectivity index (χ1v) is 13.7. The summed E-state index contributed by atoms with van der Waals surface area (Å²) in [7, 11) is 0. The highest BCUT2D eigenvalue weighted by Gasteiger charge is 2.37. The van der Waals surface area contributed by atoms with Gasteiger partial charge in [-0.15, -0.1) is 0 Å². The second kappa shape index (κ2) is 12.7. The Morgan fingerprint density at radius 3 is 2.10 bits per heavy atom. The Hall–Kier alpha value is -4.66. The van der Waals surface area contributed by atoms with Gasteiger partial charge in [0.2, 0.25) is 5.91 Å². The molecule has 9 nitrogen and oxygen atoms in total. The first kappa shape index (κ1) is 27.9. The van der Waals surface area contributed by atoms with Gasteiger partial charge in [-0.3, -0.25) is 14.4 Å². The molecular formula is C32H32N2O7. The summed E-state index contributed by atoms with van der Waals surface area (Å²) in [5, 5.41) is 11.5. The van der Waals surface area contributed by atoms with E-state index in [4.69, 9.17) is 14.6 Å². The zero-order valence-electron chi connectivity index (χ0n) is 22.5. The number of aliphatic carboxylic acids is 1. The second-order valence-electron chi connectivity index (χ2n) is 10.4. The number of carbonyl (C=O) groups excluding carboxylic acids is 3. The lowest BCUT2D eigenvalue weighted by atomic mass is 9.93. The number of carbonyl (C=O) groups is 4. The van der Waals surface area contributed by atoms with E-state index >= 15 is 0 Å². The topological polar surface area (TPSA) is 122 Å². The lowest BCUT2D eigenvalue weighted by molar-refractivity contribution is -0.150. The van der Waals surface area contributed by atoms with Crippen molar-refractivity contribution in [1.29, 1.82) is 0 Å². The van der Waals surface area contributed by atoms with E-state index in [1.54, 1.807) is 0 Å². The van der Waals surface area contributed by atoms with Crippen molar-refractivity contribution in [2.75, 3.05) is 19.7 Å². The number of hydrogen-bond acceptors (Lipinski definition) is 6. The molecule has 1 fully saturated rings. The van der Waals surface area contributed by atoms with E-state index in [1.807, 2.05) is 78.9 Å². The van der Waals surface area contributed by atoms with Crippen molar-refractivity contribution >= 4 is 23.9 Å². The van der Waals surface area contributed by atoms with Crippen molar-refractivity contribution in [3.63, 3.8) is 0 Å². The highest BCUT2D eigenvalue weighted by atomic mass is 16.5. The Labute approximate surface area is 238 Å². The number of hydrogen-bond donors (Lipinski definition) is 2. The summed E-state index contributed by atoms with van der Waals surface area (Å²) in [5.41, 5.74) is 5.12. The van der Waals surface area contributed by atoms with Crippen LogP contribution in [0.4, 0.5) is 4.79 Å². The number of nitrogens with zero attached hydrogens (tertiary/aromatic N) is 1. The molecule has 1 aliphatic heterocycles. The number of carboxylic acids is 1. The molecule has 0 unspecified atom stereocenters. The molecule has 0 saturated carbocycles. The van der Waals surface area contributed by atoms with Crippen LogP contribution in [0.3, 0.4) is 0 Å². The van der Waals surface area contributed by atoms with E-state index in [2.05, 4.69) is 5.32 Å². The average Bonchev–Trinajstić information content (AvgIpc) is 3.27. The number of alkyl carbamates (subject to hydrolysis) is 1. The van der Waals surface area contributed by atoms with E-state index in [0.717, 1.165) is 27.8 Å². The minimum absolute atomic E-state index is 0.0277. The summed E-state index contributed by atoms with van der Waals surface area (Å²) in [6.45, 7) is 0.856. The quantitative estimate of drug-likeness (QED) is 0.337. The third kappa shape index (κ3) is 6.74. The van der Waals surface area contributed by atoms with Crippen LogP contribution in [0.25, 0.3) is 11.1 Å². The molecule has 1 atom stereocenters. The number of likely N-dealkylation sites (tertiary alicyclic amines) is 1.